The fraction of sp³-hybridized carbons (Fsp3) is 0.353. The number of anilines is 1. The summed E-state index contributed by atoms with van der Waals surface area (Å²) in [7, 11) is 0. The lowest BCUT2D eigenvalue weighted by molar-refractivity contribution is -0.122. The number of aromatic nitrogens is 1. The maximum absolute atomic E-state index is 12.9. The van der Waals surface area contributed by atoms with Gasteiger partial charge >= 0.3 is 0 Å². The van der Waals surface area contributed by atoms with Gasteiger partial charge in [-0.15, -0.1) is 11.3 Å². The molecule has 1 aliphatic rings. The first kappa shape index (κ1) is 16.6. The van der Waals surface area contributed by atoms with Gasteiger partial charge in [-0.25, -0.2) is 9.37 Å². The number of hydrogen-bond acceptors (Lipinski definition) is 4. The third-order valence-electron chi connectivity index (χ3n) is 3.91. The highest BCUT2D eigenvalue weighted by Gasteiger charge is 2.32. The number of benzene rings is 1. The molecule has 7 heteroatoms. The average molecular weight is 347 g/mol. The van der Waals surface area contributed by atoms with Crippen molar-refractivity contribution in [3.05, 3.63) is 46.2 Å². The zero-order chi connectivity index (χ0) is 17.1. The van der Waals surface area contributed by atoms with Crippen molar-refractivity contribution in [2.24, 2.45) is 0 Å². The minimum Gasteiger partial charge on any atom is -0.356 e. The number of carbonyl (C=O) groups excluding carboxylic acids is 2. The topological polar surface area (TPSA) is 71.1 Å². The number of fused-ring (bicyclic) bond motifs is 1. The number of aryl methyl sites for hydroxylation is 1. The van der Waals surface area contributed by atoms with Crippen LogP contribution >= 0.6 is 11.3 Å². The normalized spacial score (nSPS) is 15.8. The minimum absolute atomic E-state index is 0.00249. The second-order valence-corrected chi connectivity index (χ2v) is 6.75. The largest absolute Gasteiger partial charge is 0.356 e. The van der Waals surface area contributed by atoms with Crippen LogP contribution in [0.3, 0.4) is 0 Å². The Morgan fingerprint density at radius 3 is 2.79 bits per heavy atom. The zero-order valence-electron chi connectivity index (χ0n) is 13.3. The average Bonchev–Trinajstić information content (AvgIpc) is 3.13. The Labute approximate surface area is 143 Å². The third kappa shape index (κ3) is 3.46. The first-order valence-electron chi connectivity index (χ1n) is 7.92. The van der Waals surface area contributed by atoms with Gasteiger partial charge in [-0.1, -0.05) is 6.92 Å². The molecule has 1 atom stereocenters. The SMILES string of the molecule is CCCNC(=O)C1CCc2sc(NC(=O)c3ccc(F)cc3)nc21. The van der Waals surface area contributed by atoms with Crippen LogP contribution in [0.1, 0.15) is 46.6 Å². The van der Waals surface area contributed by atoms with Gasteiger partial charge in [0.25, 0.3) is 5.91 Å². The lowest BCUT2D eigenvalue weighted by Crippen LogP contribution is -2.29. The van der Waals surface area contributed by atoms with Gasteiger partial charge in [-0.3, -0.25) is 14.9 Å². The van der Waals surface area contributed by atoms with Crippen LogP contribution in [0.2, 0.25) is 0 Å². The predicted molar refractivity (Wildman–Crippen MR) is 90.8 cm³/mol. The maximum Gasteiger partial charge on any atom is 0.257 e. The van der Waals surface area contributed by atoms with Gasteiger partial charge < -0.3 is 5.32 Å². The molecule has 1 unspecified atom stereocenters. The van der Waals surface area contributed by atoms with Crippen LogP contribution in [0, 0.1) is 5.82 Å². The van der Waals surface area contributed by atoms with Gasteiger partial charge in [0.15, 0.2) is 5.13 Å². The van der Waals surface area contributed by atoms with E-state index in [0.29, 0.717) is 17.2 Å². The van der Waals surface area contributed by atoms with Crippen molar-refractivity contribution in [2.45, 2.75) is 32.1 Å². The number of carbonyl (C=O) groups is 2. The third-order valence-corrected chi connectivity index (χ3v) is 4.96. The van der Waals surface area contributed by atoms with Crippen molar-refractivity contribution in [3.63, 3.8) is 0 Å². The van der Waals surface area contributed by atoms with Crippen molar-refractivity contribution in [1.82, 2.24) is 10.3 Å². The van der Waals surface area contributed by atoms with Gasteiger partial charge in [0.2, 0.25) is 5.91 Å². The van der Waals surface area contributed by atoms with E-state index in [2.05, 4.69) is 15.6 Å². The summed E-state index contributed by atoms with van der Waals surface area (Å²) in [6, 6.07) is 5.33. The van der Waals surface area contributed by atoms with E-state index in [4.69, 9.17) is 0 Å². The molecule has 0 spiro atoms. The molecule has 1 aliphatic carbocycles. The molecular formula is C17H18FN3O2S. The fourth-order valence-corrected chi connectivity index (χ4v) is 3.71. The zero-order valence-corrected chi connectivity index (χ0v) is 14.1. The van der Waals surface area contributed by atoms with Crippen LogP contribution in [-0.4, -0.2) is 23.3 Å². The van der Waals surface area contributed by atoms with Crippen LogP contribution in [0.15, 0.2) is 24.3 Å². The summed E-state index contributed by atoms with van der Waals surface area (Å²) in [5.74, 6) is -0.966. The highest BCUT2D eigenvalue weighted by atomic mass is 32.1. The van der Waals surface area contributed by atoms with Crippen molar-refractivity contribution >= 4 is 28.3 Å². The summed E-state index contributed by atoms with van der Waals surface area (Å²) in [5.41, 5.74) is 1.13. The smallest absolute Gasteiger partial charge is 0.257 e. The molecule has 2 aromatic rings. The van der Waals surface area contributed by atoms with Crippen molar-refractivity contribution < 1.29 is 14.0 Å². The van der Waals surface area contributed by atoms with E-state index in [9.17, 15) is 14.0 Å². The Balaban J connectivity index is 1.70. The standard InChI is InChI=1S/C17H18FN3O2S/c1-2-9-19-16(23)12-7-8-13-14(12)20-17(24-13)21-15(22)10-3-5-11(18)6-4-10/h3-6,12H,2,7-9H2,1H3,(H,19,23)(H,20,21,22). The van der Waals surface area contributed by atoms with Crippen LogP contribution in [0.25, 0.3) is 0 Å². The monoisotopic (exact) mass is 347 g/mol. The van der Waals surface area contributed by atoms with Gasteiger partial charge in [-0.05, 0) is 43.5 Å². The lowest BCUT2D eigenvalue weighted by atomic mass is 10.1. The molecule has 0 radical (unpaired) electrons. The number of rotatable bonds is 5. The fourth-order valence-electron chi connectivity index (χ4n) is 2.68. The van der Waals surface area contributed by atoms with Crippen LogP contribution in [-0.2, 0) is 11.2 Å². The summed E-state index contributed by atoms with van der Waals surface area (Å²) in [4.78, 5) is 29.8. The van der Waals surface area contributed by atoms with E-state index in [0.717, 1.165) is 29.8 Å². The van der Waals surface area contributed by atoms with Crippen LogP contribution in [0.5, 0.6) is 0 Å². The van der Waals surface area contributed by atoms with E-state index in [1.165, 1.54) is 35.6 Å². The first-order valence-corrected chi connectivity index (χ1v) is 8.74. The lowest BCUT2D eigenvalue weighted by Gasteiger charge is -2.09. The molecule has 126 valence electrons. The predicted octanol–water partition coefficient (Wildman–Crippen LogP) is 3.09. The van der Waals surface area contributed by atoms with E-state index in [1.807, 2.05) is 6.92 Å². The first-order chi connectivity index (χ1) is 11.6. The second kappa shape index (κ2) is 7.09. The van der Waals surface area contributed by atoms with Gasteiger partial charge in [0.1, 0.15) is 5.82 Å². The molecule has 1 aromatic carbocycles. The van der Waals surface area contributed by atoms with E-state index in [-0.39, 0.29) is 23.5 Å². The number of hydrogen-bond donors (Lipinski definition) is 2. The van der Waals surface area contributed by atoms with Gasteiger partial charge in [-0.2, -0.15) is 0 Å². The Hall–Kier alpha value is -2.28. The number of nitrogens with zero attached hydrogens (tertiary/aromatic N) is 1. The molecule has 1 aromatic heterocycles. The molecule has 5 nitrogen and oxygen atoms in total. The molecule has 1 heterocycles. The molecule has 3 rings (SSSR count). The Morgan fingerprint density at radius 2 is 2.08 bits per heavy atom. The van der Waals surface area contributed by atoms with E-state index in [1.54, 1.807) is 0 Å². The Bertz CT molecular complexity index is 758. The van der Waals surface area contributed by atoms with Crippen molar-refractivity contribution in [2.75, 3.05) is 11.9 Å². The number of thiazole rings is 1. The highest BCUT2D eigenvalue weighted by molar-refractivity contribution is 7.16. The second-order valence-electron chi connectivity index (χ2n) is 5.67. The number of amides is 2. The molecule has 0 saturated carbocycles. The minimum atomic E-state index is -0.388. The summed E-state index contributed by atoms with van der Waals surface area (Å²) >= 11 is 1.40. The quantitative estimate of drug-likeness (QED) is 0.873. The molecule has 2 amide bonds. The molecular weight excluding hydrogens is 329 g/mol. The van der Waals surface area contributed by atoms with E-state index >= 15 is 0 Å². The van der Waals surface area contributed by atoms with Crippen LogP contribution < -0.4 is 10.6 Å². The number of nitrogens with one attached hydrogen (secondary N) is 2. The maximum atomic E-state index is 12.9. The highest BCUT2D eigenvalue weighted by Crippen LogP contribution is 2.38. The molecule has 0 bridgehead atoms. The molecule has 2 N–H and O–H groups in total. The van der Waals surface area contributed by atoms with Gasteiger partial charge in [0, 0.05) is 17.0 Å². The Kier molecular flexibility index (Phi) is 4.89. The molecule has 0 saturated heterocycles. The molecule has 0 fully saturated rings. The molecule has 0 aliphatic heterocycles. The summed E-state index contributed by atoms with van der Waals surface area (Å²) in [6.45, 7) is 2.66. The summed E-state index contributed by atoms with van der Waals surface area (Å²) < 4.78 is 12.9. The molecule has 24 heavy (non-hydrogen) atoms. The summed E-state index contributed by atoms with van der Waals surface area (Å²) in [6.07, 6.45) is 2.45. The summed E-state index contributed by atoms with van der Waals surface area (Å²) in [5, 5.41) is 6.10. The Morgan fingerprint density at radius 1 is 1.33 bits per heavy atom. The van der Waals surface area contributed by atoms with Crippen molar-refractivity contribution in [1.29, 1.82) is 0 Å². The number of halogens is 1. The van der Waals surface area contributed by atoms with Crippen LogP contribution in [0.4, 0.5) is 9.52 Å². The van der Waals surface area contributed by atoms with Gasteiger partial charge in [0.05, 0.1) is 11.6 Å². The van der Waals surface area contributed by atoms with E-state index < -0.39 is 0 Å². The van der Waals surface area contributed by atoms with Crippen molar-refractivity contribution in [3.8, 4) is 0 Å².